The Bertz CT molecular complexity index is 378. The first-order valence-corrected chi connectivity index (χ1v) is 7.35. The van der Waals surface area contributed by atoms with Crippen LogP contribution in [-0.4, -0.2) is 4.98 Å². The average molecular weight is 273 g/mol. The molecular weight excluding hydrogens is 248 g/mol. The number of hydrogen-bond acceptors (Lipinski definition) is 2. The third kappa shape index (κ3) is 4.59. The van der Waals surface area contributed by atoms with Crippen LogP contribution in [0, 0.1) is 12.1 Å². The normalized spacial score (nSPS) is 14.6. The highest BCUT2D eigenvalue weighted by Gasteiger charge is 2.34. The van der Waals surface area contributed by atoms with Crippen LogP contribution < -0.4 is 0 Å². The summed E-state index contributed by atoms with van der Waals surface area (Å²) in [5.74, 6) is -0.693. The zero-order valence-corrected chi connectivity index (χ0v) is 12.3. The SMILES string of the molecule is CCCCCCC(C)(CCCC)c1oc(F)nc1F. The molecule has 1 aromatic heterocycles. The minimum atomic E-state index is -1.07. The molecule has 1 unspecified atom stereocenters. The summed E-state index contributed by atoms with van der Waals surface area (Å²) in [6, 6.07) is 0. The van der Waals surface area contributed by atoms with Crippen molar-refractivity contribution in [3.8, 4) is 0 Å². The van der Waals surface area contributed by atoms with Crippen molar-refractivity contribution in [2.45, 2.75) is 77.6 Å². The fraction of sp³-hybridized carbons (Fsp3) is 0.800. The van der Waals surface area contributed by atoms with Gasteiger partial charge >= 0.3 is 6.14 Å². The first kappa shape index (κ1) is 16.1. The Morgan fingerprint density at radius 3 is 2.16 bits per heavy atom. The maximum Gasteiger partial charge on any atom is 0.384 e. The molecule has 0 bridgehead atoms. The molecule has 0 saturated carbocycles. The minimum Gasteiger partial charge on any atom is -0.416 e. The van der Waals surface area contributed by atoms with Gasteiger partial charge in [0.1, 0.15) is 0 Å². The highest BCUT2D eigenvalue weighted by molar-refractivity contribution is 5.10. The highest BCUT2D eigenvalue weighted by atomic mass is 19.1. The van der Waals surface area contributed by atoms with Crippen molar-refractivity contribution in [1.82, 2.24) is 4.98 Å². The fourth-order valence-electron chi connectivity index (χ4n) is 2.51. The predicted molar refractivity (Wildman–Crippen MR) is 72.1 cm³/mol. The Labute approximate surface area is 114 Å². The van der Waals surface area contributed by atoms with Crippen LogP contribution in [0.5, 0.6) is 0 Å². The lowest BCUT2D eigenvalue weighted by Crippen LogP contribution is -2.22. The van der Waals surface area contributed by atoms with E-state index in [1.54, 1.807) is 0 Å². The van der Waals surface area contributed by atoms with Gasteiger partial charge in [0, 0.05) is 5.41 Å². The summed E-state index contributed by atoms with van der Waals surface area (Å²) >= 11 is 0. The summed E-state index contributed by atoms with van der Waals surface area (Å²) in [7, 11) is 0. The van der Waals surface area contributed by atoms with Crippen molar-refractivity contribution in [1.29, 1.82) is 0 Å². The quantitative estimate of drug-likeness (QED) is 0.565. The zero-order valence-electron chi connectivity index (χ0n) is 12.3. The third-order valence-corrected chi connectivity index (χ3v) is 3.77. The highest BCUT2D eigenvalue weighted by Crippen LogP contribution is 2.36. The number of aromatic nitrogens is 1. The summed E-state index contributed by atoms with van der Waals surface area (Å²) in [6.07, 6.45) is 7.04. The summed E-state index contributed by atoms with van der Waals surface area (Å²) < 4.78 is 31.5. The van der Waals surface area contributed by atoms with Crippen molar-refractivity contribution in [2.24, 2.45) is 0 Å². The molecule has 0 amide bonds. The Kier molecular flexibility index (Phi) is 6.46. The van der Waals surface area contributed by atoms with Gasteiger partial charge in [-0.15, -0.1) is 4.39 Å². The van der Waals surface area contributed by atoms with E-state index < -0.39 is 17.5 Å². The van der Waals surface area contributed by atoms with Crippen LogP contribution in [0.1, 0.15) is 77.9 Å². The lowest BCUT2D eigenvalue weighted by molar-refractivity contribution is 0.244. The van der Waals surface area contributed by atoms with Crippen molar-refractivity contribution in [3.63, 3.8) is 0 Å². The molecule has 0 N–H and O–H groups in total. The average Bonchev–Trinajstić information content (AvgIpc) is 2.72. The van der Waals surface area contributed by atoms with Gasteiger partial charge in [-0.05, 0) is 12.8 Å². The molecule has 0 aliphatic rings. The second kappa shape index (κ2) is 7.61. The maximum absolute atomic E-state index is 13.7. The smallest absolute Gasteiger partial charge is 0.384 e. The van der Waals surface area contributed by atoms with Gasteiger partial charge in [-0.1, -0.05) is 59.3 Å². The second-order valence-corrected chi connectivity index (χ2v) is 5.56. The van der Waals surface area contributed by atoms with E-state index in [2.05, 4.69) is 18.8 Å². The molecule has 0 aromatic carbocycles. The van der Waals surface area contributed by atoms with E-state index in [0.29, 0.717) is 0 Å². The van der Waals surface area contributed by atoms with Crippen LogP contribution in [0.3, 0.4) is 0 Å². The van der Waals surface area contributed by atoms with Gasteiger partial charge in [-0.2, -0.15) is 9.37 Å². The Morgan fingerprint density at radius 1 is 1.00 bits per heavy atom. The van der Waals surface area contributed by atoms with Crippen LogP contribution in [-0.2, 0) is 5.41 Å². The van der Waals surface area contributed by atoms with E-state index in [1.165, 1.54) is 6.42 Å². The third-order valence-electron chi connectivity index (χ3n) is 3.77. The van der Waals surface area contributed by atoms with Gasteiger partial charge in [0.15, 0.2) is 5.76 Å². The van der Waals surface area contributed by atoms with E-state index in [1.807, 2.05) is 6.92 Å². The predicted octanol–water partition coefficient (Wildman–Crippen LogP) is 5.37. The molecule has 0 radical (unpaired) electrons. The molecule has 1 heterocycles. The number of nitrogens with zero attached hydrogens (tertiary/aromatic N) is 1. The molecule has 4 heteroatoms. The lowest BCUT2D eigenvalue weighted by Gasteiger charge is -2.27. The van der Waals surface area contributed by atoms with Gasteiger partial charge < -0.3 is 4.42 Å². The molecule has 19 heavy (non-hydrogen) atoms. The van der Waals surface area contributed by atoms with Crippen LogP contribution in [0.4, 0.5) is 8.78 Å². The maximum atomic E-state index is 13.7. The van der Waals surface area contributed by atoms with E-state index >= 15 is 0 Å². The molecule has 0 saturated heterocycles. The Morgan fingerprint density at radius 2 is 1.63 bits per heavy atom. The number of unbranched alkanes of at least 4 members (excludes halogenated alkanes) is 4. The number of halogens is 2. The van der Waals surface area contributed by atoms with Crippen molar-refractivity contribution >= 4 is 0 Å². The molecule has 0 spiro atoms. The van der Waals surface area contributed by atoms with E-state index in [4.69, 9.17) is 4.42 Å². The van der Waals surface area contributed by atoms with Gasteiger partial charge in [-0.25, -0.2) is 0 Å². The Hall–Kier alpha value is -0.930. The van der Waals surface area contributed by atoms with E-state index in [0.717, 1.165) is 44.9 Å². The standard InChI is InChI=1S/C15H25F2NO/c1-4-6-8-9-11-15(3,10-7-5-2)12-13(16)18-14(17)19-12/h4-11H2,1-3H3. The van der Waals surface area contributed by atoms with E-state index in [-0.39, 0.29) is 5.76 Å². The molecule has 0 aliphatic carbocycles. The summed E-state index contributed by atoms with van der Waals surface area (Å²) in [6.45, 7) is 6.20. The zero-order chi connectivity index (χ0) is 14.3. The Balaban J connectivity index is 2.76. The first-order chi connectivity index (χ1) is 9.03. The summed E-state index contributed by atoms with van der Waals surface area (Å²) in [4.78, 5) is 3.13. The monoisotopic (exact) mass is 273 g/mol. The van der Waals surface area contributed by atoms with Gasteiger partial charge in [0.05, 0.1) is 0 Å². The van der Waals surface area contributed by atoms with Crippen molar-refractivity contribution in [3.05, 3.63) is 17.9 Å². The van der Waals surface area contributed by atoms with E-state index in [9.17, 15) is 8.78 Å². The summed E-state index contributed by atoms with van der Waals surface area (Å²) in [5.41, 5.74) is -0.439. The largest absolute Gasteiger partial charge is 0.416 e. The van der Waals surface area contributed by atoms with Crippen LogP contribution in [0.15, 0.2) is 4.42 Å². The molecule has 1 rings (SSSR count). The van der Waals surface area contributed by atoms with Crippen LogP contribution >= 0.6 is 0 Å². The molecule has 2 nitrogen and oxygen atoms in total. The molecule has 1 aromatic rings. The van der Waals surface area contributed by atoms with Gasteiger partial charge in [-0.3, -0.25) is 0 Å². The topological polar surface area (TPSA) is 26.0 Å². The second-order valence-electron chi connectivity index (χ2n) is 5.56. The lowest BCUT2D eigenvalue weighted by atomic mass is 9.78. The molecular formula is C15H25F2NO. The van der Waals surface area contributed by atoms with Gasteiger partial charge in [0.25, 0.3) is 5.95 Å². The van der Waals surface area contributed by atoms with Crippen LogP contribution in [0.2, 0.25) is 0 Å². The molecule has 110 valence electrons. The minimum absolute atomic E-state index is 0.0925. The van der Waals surface area contributed by atoms with Crippen LogP contribution in [0.25, 0.3) is 0 Å². The van der Waals surface area contributed by atoms with Gasteiger partial charge in [0.2, 0.25) is 0 Å². The first-order valence-electron chi connectivity index (χ1n) is 7.35. The van der Waals surface area contributed by atoms with Crippen molar-refractivity contribution in [2.75, 3.05) is 0 Å². The molecule has 0 aliphatic heterocycles. The number of rotatable bonds is 9. The number of hydrogen-bond donors (Lipinski definition) is 0. The molecule has 1 atom stereocenters. The summed E-state index contributed by atoms with van der Waals surface area (Å²) in [5, 5.41) is 0. The van der Waals surface area contributed by atoms with Crippen molar-refractivity contribution < 1.29 is 13.2 Å². The fourth-order valence-corrected chi connectivity index (χ4v) is 2.51. The molecule has 0 fully saturated rings. The number of oxazole rings is 1.